The molecule has 1 rings (SSSR count). The summed E-state index contributed by atoms with van der Waals surface area (Å²) in [6, 6.07) is -3.52. The number of nitrogens with one attached hydrogen (secondary N) is 6. The van der Waals surface area contributed by atoms with E-state index in [-0.39, 0.29) is 37.9 Å². The van der Waals surface area contributed by atoms with Crippen molar-refractivity contribution in [2.75, 3.05) is 18.6 Å². The molecule has 0 bridgehead atoms. The molecular weight excluding hydrogens is 829 g/mol. The molecule has 0 heterocycles. The van der Waals surface area contributed by atoms with Gasteiger partial charge in [-0.3, -0.25) is 38.4 Å². The van der Waals surface area contributed by atoms with Crippen molar-refractivity contribution in [3.63, 3.8) is 0 Å². The van der Waals surface area contributed by atoms with Crippen LogP contribution in [0.15, 0.2) is 24.3 Å². The summed E-state index contributed by atoms with van der Waals surface area (Å²) in [5.41, 5.74) is 22.5. The zero-order chi connectivity index (χ0) is 47.1. The number of aromatic hydroxyl groups is 1. The number of carboxylic acids is 1. The molecule has 0 spiro atoms. The first-order valence-electron chi connectivity index (χ1n) is 20.5. The molecule has 16 N–H and O–H groups in total. The first-order chi connectivity index (χ1) is 29.1. The Morgan fingerprint density at radius 2 is 1.16 bits per heavy atom. The summed E-state index contributed by atoms with van der Waals surface area (Å²) >= 11 is 1.36. The van der Waals surface area contributed by atoms with Crippen LogP contribution in [0.3, 0.4) is 0 Å². The molecule has 1 aromatic carbocycles. The monoisotopic (exact) mass is 894 g/mol. The fraction of sp³-hybridized carbons (Fsp3) is 0.625. The van der Waals surface area contributed by atoms with Crippen LogP contribution >= 0.6 is 11.8 Å². The number of rotatable bonds is 30. The lowest BCUT2D eigenvalue weighted by Crippen LogP contribution is -2.61. The molecule has 0 fully saturated rings. The van der Waals surface area contributed by atoms with Crippen molar-refractivity contribution in [2.24, 2.45) is 34.8 Å². The van der Waals surface area contributed by atoms with E-state index in [1.54, 1.807) is 34.0 Å². The molecule has 0 aliphatic rings. The van der Waals surface area contributed by atoms with Gasteiger partial charge in [0.05, 0.1) is 12.5 Å². The van der Waals surface area contributed by atoms with Crippen molar-refractivity contribution in [1.29, 1.82) is 0 Å². The second kappa shape index (κ2) is 28.2. The molecule has 348 valence electrons. The number of hydrogen-bond acceptors (Lipinski definition) is 13. The molecule has 0 saturated heterocycles. The van der Waals surface area contributed by atoms with Crippen LogP contribution in [0.5, 0.6) is 5.75 Å². The van der Waals surface area contributed by atoms with Crippen molar-refractivity contribution >= 4 is 65.0 Å². The van der Waals surface area contributed by atoms with E-state index in [1.807, 2.05) is 0 Å². The highest BCUT2D eigenvalue weighted by molar-refractivity contribution is 7.98. The van der Waals surface area contributed by atoms with Gasteiger partial charge in [0.25, 0.3) is 0 Å². The highest BCUT2D eigenvalue weighted by Gasteiger charge is 2.35. The van der Waals surface area contributed by atoms with Gasteiger partial charge >= 0.3 is 5.97 Å². The van der Waals surface area contributed by atoms with E-state index in [1.165, 1.54) is 36.0 Å². The Morgan fingerprint density at radius 1 is 0.661 bits per heavy atom. The molecule has 0 aromatic heterocycles. The molecule has 0 unspecified atom stereocenters. The van der Waals surface area contributed by atoms with Gasteiger partial charge in [0.1, 0.15) is 42.0 Å². The van der Waals surface area contributed by atoms with Crippen LogP contribution in [0, 0.1) is 11.8 Å². The van der Waals surface area contributed by atoms with Gasteiger partial charge in [0, 0.05) is 12.8 Å². The smallest absolute Gasteiger partial charge is 0.326 e. The molecule has 0 radical (unpaired) electrons. The number of hydrogen-bond donors (Lipinski definition) is 12. The average molecular weight is 895 g/mol. The minimum absolute atomic E-state index is 0.0570. The van der Waals surface area contributed by atoms with Crippen LogP contribution in [0.2, 0.25) is 0 Å². The molecule has 0 saturated carbocycles. The standard InChI is InChI=1S/C40H66N10O11S/c1-6-22(4)33(50-34(54)25(42)20-31(44)53)39(59)48-29(19-23-10-12-24(51)13-11-23)38(58)46-27(14-15-30(43)52)35(55)47-28(16-18-62-5)36(56)45-26(9-7-8-17-41)37(57)49-32(21(2)3)40(60)61/h10-13,21-22,25-29,32-33,51H,6-9,14-20,41-42H2,1-5H3,(H2,43,52)(H2,44,53)(H,45,56)(H,46,58)(H,47,55)(H,48,59)(H,49,57)(H,50,54)(H,60,61)/t22-,25+,26+,27+,28+,29+,32+,33+/m0/s1. The van der Waals surface area contributed by atoms with E-state index >= 15 is 0 Å². The van der Waals surface area contributed by atoms with E-state index in [0.29, 0.717) is 37.1 Å². The van der Waals surface area contributed by atoms with Gasteiger partial charge in [-0.25, -0.2) is 4.79 Å². The van der Waals surface area contributed by atoms with Crippen molar-refractivity contribution in [2.45, 2.75) is 128 Å². The van der Waals surface area contributed by atoms with Crippen LogP contribution in [-0.4, -0.2) is 124 Å². The Morgan fingerprint density at radius 3 is 1.65 bits per heavy atom. The molecule has 1 aromatic rings. The van der Waals surface area contributed by atoms with Crippen molar-refractivity contribution in [3.05, 3.63) is 29.8 Å². The number of benzene rings is 1. The maximum absolute atomic E-state index is 14.1. The van der Waals surface area contributed by atoms with Crippen LogP contribution in [-0.2, 0) is 49.6 Å². The van der Waals surface area contributed by atoms with Crippen LogP contribution < -0.4 is 54.8 Å². The molecule has 0 aliphatic heterocycles. The highest BCUT2D eigenvalue weighted by atomic mass is 32.2. The largest absolute Gasteiger partial charge is 0.508 e. The maximum atomic E-state index is 14.1. The van der Waals surface area contributed by atoms with Crippen LogP contribution in [0.1, 0.15) is 84.6 Å². The summed E-state index contributed by atoms with van der Waals surface area (Å²) in [7, 11) is 0. The SMILES string of the molecule is CC[C@H](C)[C@@H](NC(=O)[C@H](N)CC(N)=O)C(=O)N[C@H](Cc1ccc(O)cc1)C(=O)N[C@H](CCC(N)=O)C(=O)N[C@H](CCSC)C(=O)N[C@H](CCCCN)C(=O)N[C@@H](C(=O)O)C(C)C. The number of carbonyl (C=O) groups is 9. The number of aliphatic carboxylic acids is 1. The van der Waals surface area contributed by atoms with Crippen LogP contribution in [0.4, 0.5) is 0 Å². The summed E-state index contributed by atoms with van der Waals surface area (Å²) in [6.45, 7) is 6.96. The minimum atomic E-state index is -1.50. The molecule has 8 atom stereocenters. The van der Waals surface area contributed by atoms with Gasteiger partial charge in [0.2, 0.25) is 47.3 Å². The number of carbonyl (C=O) groups excluding carboxylic acids is 8. The van der Waals surface area contributed by atoms with Gasteiger partial charge in [-0.15, -0.1) is 0 Å². The Hall–Kier alpha value is -5.48. The third-order valence-corrected chi connectivity index (χ3v) is 10.6. The summed E-state index contributed by atoms with van der Waals surface area (Å²) in [5, 5.41) is 34.9. The Balaban J connectivity index is 3.53. The topological polar surface area (TPSA) is 370 Å². The quantitative estimate of drug-likeness (QED) is 0.0371. The van der Waals surface area contributed by atoms with Gasteiger partial charge in [-0.05, 0) is 80.2 Å². The average Bonchev–Trinajstić information content (AvgIpc) is 3.20. The van der Waals surface area contributed by atoms with Crippen molar-refractivity contribution in [3.8, 4) is 5.75 Å². The molecule has 21 nitrogen and oxygen atoms in total. The number of thioether (sulfide) groups is 1. The number of carboxylic acid groups (broad SMARTS) is 1. The lowest BCUT2D eigenvalue weighted by molar-refractivity contribution is -0.143. The van der Waals surface area contributed by atoms with E-state index in [2.05, 4.69) is 31.9 Å². The third-order valence-electron chi connectivity index (χ3n) is 9.93. The van der Waals surface area contributed by atoms with Gasteiger partial charge in [-0.1, -0.05) is 46.2 Å². The number of primary amides is 2. The highest BCUT2D eigenvalue weighted by Crippen LogP contribution is 2.15. The number of nitrogens with two attached hydrogens (primary N) is 4. The first-order valence-corrected chi connectivity index (χ1v) is 21.9. The number of amides is 8. The van der Waals surface area contributed by atoms with E-state index in [9.17, 15) is 53.4 Å². The fourth-order valence-corrected chi connectivity index (χ4v) is 6.49. The zero-order valence-corrected chi connectivity index (χ0v) is 36.9. The van der Waals surface area contributed by atoms with Gasteiger partial charge in [0.15, 0.2) is 0 Å². The minimum Gasteiger partial charge on any atom is -0.508 e. The van der Waals surface area contributed by atoms with Gasteiger partial charge < -0.3 is 65.0 Å². The van der Waals surface area contributed by atoms with E-state index in [4.69, 9.17) is 22.9 Å². The van der Waals surface area contributed by atoms with Gasteiger partial charge in [-0.2, -0.15) is 11.8 Å². The lowest BCUT2D eigenvalue weighted by Gasteiger charge is -2.29. The lowest BCUT2D eigenvalue weighted by atomic mass is 9.96. The predicted octanol–water partition coefficient (Wildman–Crippen LogP) is -2.02. The number of unbranched alkanes of at least 4 members (excludes halogenated alkanes) is 1. The second-order valence-corrected chi connectivity index (χ2v) is 16.4. The third kappa shape index (κ3) is 19.9. The van der Waals surface area contributed by atoms with Crippen LogP contribution in [0.25, 0.3) is 0 Å². The normalized spacial score (nSPS) is 15.0. The first kappa shape index (κ1) is 54.5. The second-order valence-electron chi connectivity index (χ2n) is 15.4. The van der Waals surface area contributed by atoms with E-state index in [0.717, 1.165) is 0 Å². The summed E-state index contributed by atoms with van der Waals surface area (Å²) in [6.07, 6.45) is 1.85. The number of phenols is 1. The zero-order valence-electron chi connectivity index (χ0n) is 36.1. The Labute approximate surface area is 366 Å². The fourth-order valence-electron chi connectivity index (χ4n) is 6.02. The molecule has 8 amide bonds. The Kier molecular flexibility index (Phi) is 24.8. The molecule has 22 heteroatoms. The summed E-state index contributed by atoms with van der Waals surface area (Å²) in [5.74, 6) is -8.58. The van der Waals surface area contributed by atoms with Crippen molar-refractivity contribution < 1.29 is 53.4 Å². The Bertz CT molecular complexity index is 1680. The number of phenolic OH excluding ortho intramolecular Hbond substituents is 1. The molecule has 62 heavy (non-hydrogen) atoms. The van der Waals surface area contributed by atoms with Crippen molar-refractivity contribution in [1.82, 2.24) is 31.9 Å². The maximum Gasteiger partial charge on any atom is 0.326 e. The molecular formula is C40H66N10O11S. The van der Waals surface area contributed by atoms with E-state index < -0.39 is 114 Å². The predicted molar refractivity (Wildman–Crippen MR) is 231 cm³/mol. The summed E-state index contributed by atoms with van der Waals surface area (Å²) < 4.78 is 0. The summed E-state index contributed by atoms with van der Waals surface area (Å²) in [4.78, 5) is 117. The molecule has 0 aliphatic carbocycles.